The summed E-state index contributed by atoms with van der Waals surface area (Å²) in [6.07, 6.45) is 3.28. The summed E-state index contributed by atoms with van der Waals surface area (Å²) in [6, 6.07) is 14.4. The SMILES string of the molecule is N#Cc1cccnc1NCCOC(=O)c1cccc2ncccc12. The van der Waals surface area contributed by atoms with E-state index in [1.165, 1.54) is 0 Å². The van der Waals surface area contributed by atoms with Gasteiger partial charge in [-0.2, -0.15) is 5.26 Å². The van der Waals surface area contributed by atoms with E-state index in [0.29, 0.717) is 23.5 Å². The van der Waals surface area contributed by atoms with Gasteiger partial charge in [0.2, 0.25) is 0 Å². The second kappa shape index (κ2) is 7.20. The highest BCUT2D eigenvalue weighted by molar-refractivity contribution is 6.03. The van der Waals surface area contributed by atoms with E-state index < -0.39 is 5.97 Å². The summed E-state index contributed by atoms with van der Waals surface area (Å²) in [5, 5.41) is 12.7. The molecule has 0 aliphatic heterocycles. The molecular weight excluding hydrogens is 304 g/mol. The van der Waals surface area contributed by atoms with Crippen molar-refractivity contribution < 1.29 is 9.53 Å². The number of hydrogen-bond acceptors (Lipinski definition) is 6. The smallest absolute Gasteiger partial charge is 0.338 e. The first-order valence-electron chi connectivity index (χ1n) is 7.39. The number of rotatable bonds is 5. The van der Waals surface area contributed by atoms with Gasteiger partial charge in [0.1, 0.15) is 18.5 Å². The predicted octanol–water partition coefficient (Wildman–Crippen LogP) is 2.77. The first-order chi connectivity index (χ1) is 11.8. The van der Waals surface area contributed by atoms with Gasteiger partial charge in [-0.25, -0.2) is 9.78 Å². The van der Waals surface area contributed by atoms with Crippen LogP contribution in [0.25, 0.3) is 10.9 Å². The van der Waals surface area contributed by atoms with Gasteiger partial charge in [-0.3, -0.25) is 4.98 Å². The highest BCUT2D eigenvalue weighted by Crippen LogP contribution is 2.17. The number of aromatic nitrogens is 2. The van der Waals surface area contributed by atoms with Crippen LogP contribution in [-0.4, -0.2) is 29.1 Å². The normalized spacial score (nSPS) is 10.1. The molecule has 0 saturated carbocycles. The van der Waals surface area contributed by atoms with Gasteiger partial charge in [0, 0.05) is 17.8 Å². The zero-order valence-electron chi connectivity index (χ0n) is 12.8. The summed E-state index contributed by atoms with van der Waals surface area (Å²) in [5.41, 5.74) is 1.68. The lowest BCUT2D eigenvalue weighted by Crippen LogP contribution is -2.15. The maximum absolute atomic E-state index is 12.2. The molecule has 6 heteroatoms. The summed E-state index contributed by atoms with van der Waals surface area (Å²) in [4.78, 5) is 20.6. The molecule has 0 fully saturated rings. The summed E-state index contributed by atoms with van der Waals surface area (Å²) < 4.78 is 5.29. The molecule has 2 heterocycles. The number of fused-ring (bicyclic) bond motifs is 1. The van der Waals surface area contributed by atoms with Crippen LogP contribution >= 0.6 is 0 Å². The number of esters is 1. The second-order valence-electron chi connectivity index (χ2n) is 4.95. The number of anilines is 1. The molecule has 0 atom stereocenters. The van der Waals surface area contributed by atoms with Crippen LogP contribution in [0, 0.1) is 11.3 Å². The summed E-state index contributed by atoms with van der Waals surface area (Å²) in [5.74, 6) is 0.0716. The number of nitrogens with zero attached hydrogens (tertiary/aromatic N) is 3. The van der Waals surface area contributed by atoms with Crippen molar-refractivity contribution in [2.45, 2.75) is 0 Å². The van der Waals surface area contributed by atoms with Crippen LogP contribution in [0.2, 0.25) is 0 Å². The third-order valence-corrected chi connectivity index (χ3v) is 3.42. The van der Waals surface area contributed by atoms with Gasteiger partial charge in [-0.05, 0) is 30.3 Å². The molecule has 118 valence electrons. The second-order valence-corrected chi connectivity index (χ2v) is 4.95. The zero-order chi connectivity index (χ0) is 16.8. The monoisotopic (exact) mass is 318 g/mol. The van der Waals surface area contributed by atoms with E-state index in [4.69, 9.17) is 10.00 Å². The third-order valence-electron chi connectivity index (χ3n) is 3.42. The van der Waals surface area contributed by atoms with Crippen LogP contribution in [0.1, 0.15) is 15.9 Å². The molecule has 0 aliphatic carbocycles. The third kappa shape index (κ3) is 3.31. The molecule has 2 aromatic heterocycles. The Morgan fingerprint density at radius 3 is 2.83 bits per heavy atom. The zero-order valence-corrected chi connectivity index (χ0v) is 12.8. The molecule has 3 aromatic rings. The van der Waals surface area contributed by atoms with Gasteiger partial charge < -0.3 is 10.1 Å². The van der Waals surface area contributed by atoms with E-state index in [2.05, 4.69) is 21.4 Å². The maximum atomic E-state index is 12.2. The van der Waals surface area contributed by atoms with E-state index in [9.17, 15) is 4.79 Å². The minimum atomic E-state index is -0.406. The lowest BCUT2D eigenvalue weighted by molar-refractivity contribution is 0.0523. The van der Waals surface area contributed by atoms with E-state index in [-0.39, 0.29) is 6.61 Å². The van der Waals surface area contributed by atoms with Crippen molar-refractivity contribution in [3.05, 3.63) is 66.0 Å². The summed E-state index contributed by atoms with van der Waals surface area (Å²) in [6.45, 7) is 0.525. The maximum Gasteiger partial charge on any atom is 0.338 e. The Kier molecular flexibility index (Phi) is 4.63. The van der Waals surface area contributed by atoms with Crippen LogP contribution in [0.15, 0.2) is 54.9 Å². The van der Waals surface area contributed by atoms with Crippen LogP contribution < -0.4 is 5.32 Å². The van der Waals surface area contributed by atoms with Crippen molar-refractivity contribution in [1.29, 1.82) is 5.26 Å². The molecule has 0 aliphatic rings. The molecule has 0 radical (unpaired) electrons. The summed E-state index contributed by atoms with van der Waals surface area (Å²) >= 11 is 0. The quantitative estimate of drug-likeness (QED) is 0.575. The Morgan fingerprint density at radius 2 is 1.96 bits per heavy atom. The van der Waals surface area contributed by atoms with Gasteiger partial charge in [0.15, 0.2) is 0 Å². The molecule has 0 amide bonds. The van der Waals surface area contributed by atoms with Crippen molar-refractivity contribution in [3.8, 4) is 6.07 Å². The molecular formula is C18H14N4O2. The molecule has 24 heavy (non-hydrogen) atoms. The number of nitrogens with one attached hydrogen (secondary N) is 1. The molecule has 0 saturated heterocycles. The fourth-order valence-corrected chi connectivity index (χ4v) is 2.31. The highest BCUT2D eigenvalue weighted by Gasteiger charge is 2.11. The van der Waals surface area contributed by atoms with Crippen LogP contribution in [0.3, 0.4) is 0 Å². The van der Waals surface area contributed by atoms with Crippen molar-refractivity contribution in [3.63, 3.8) is 0 Å². The largest absolute Gasteiger partial charge is 0.460 e. The predicted molar refractivity (Wildman–Crippen MR) is 89.5 cm³/mol. The van der Waals surface area contributed by atoms with Crippen molar-refractivity contribution >= 4 is 22.7 Å². The average Bonchev–Trinajstić information content (AvgIpc) is 2.65. The number of ether oxygens (including phenoxy) is 1. The molecule has 1 aromatic carbocycles. The van der Waals surface area contributed by atoms with E-state index in [1.54, 1.807) is 42.7 Å². The molecule has 1 N–H and O–H groups in total. The molecule has 0 bridgehead atoms. The fourth-order valence-electron chi connectivity index (χ4n) is 2.31. The van der Waals surface area contributed by atoms with Crippen LogP contribution in [0.5, 0.6) is 0 Å². The molecule has 6 nitrogen and oxygen atoms in total. The first-order valence-corrected chi connectivity index (χ1v) is 7.39. The number of carbonyl (C=O) groups excluding carboxylic acids is 1. The Morgan fingerprint density at radius 1 is 1.12 bits per heavy atom. The molecule has 0 spiro atoms. The minimum Gasteiger partial charge on any atom is -0.460 e. The standard InChI is InChI=1S/C18H14N4O2/c19-12-13-4-2-9-21-17(13)22-10-11-24-18(23)15-5-1-7-16-14(15)6-3-8-20-16/h1-9H,10-11H2,(H,21,22). The number of carbonyl (C=O) groups is 1. The molecule has 3 rings (SSSR count). The van der Waals surface area contributed by atoms with Crippen molar-refractivity contribution in [2.24, 2.45) is 0 Å². The van der Waals surface area contributed by atoms with Gasteiger partial charge in [0.25, 0.3) is 0 Å². The van der Waals surface area contributed by atoms with Gasteiger partial charge in [-0.1, -0.05) is 12.1 Å². The number of hydrogen-bond donors (Lipinski definition) is 1. The minimum absolute atomic E-state index is 0.164. The van der Waals surface area contributed by atoms with Gasteiger partial charge >= 0.3 is 5.97 Å². The van der Waals surface area contributed by atoms with Crippen molar-refractivity contribution in [1.82, 2.24) is 9.97 Å². The number of pyridine rings is 2. The van der Waals surface area contributed by atoms with Crippen LogP contribution in [0.4, 0.5) is 5.82 Å². The Balaban J connectivity index is 1.61. The Labute approximate surface area is 138 Å². The number of nitriles is 1. The van der Waals surface area contributed by atoms with Gasteiger partial charge in [-0.15, -0.1) is 0 Å². The topological polar surface area (TPSA) is 87.9 Å². The van der Waals surface area contributed by atoms with Crippen molar-refractivity contribution in [2.75, 3.05) is 18.5 Å². The molecule has 0 unspecified atom stereocenters. The first kappa shape index (κ1) is 15.4. The van der Waals surface area contributed by atoms with E-state index >= 15 is 0 Å². The lowest BCUT2D eigenvalue weighted by Gasteiger charge is -2.09. The number of benzene rings is 1. The van der Waals surface area contributed by atoms with Gasteiger partial charge in [0.05, 0.1) is 23.2 Å². The Hall–Kier alpha value is -3.46. The fraction of sp³-hybridized carbons (Fsp3) is 0.111. The van der Waals surface area contributed by atoms with Crippen LogP contribution in [-0.2, 0) is 4.74 Å². The lowest BCUT2D eigenvalue weighted by atomic mass is 10.1. The highest BCUT2D eigenvalue weighted by atomic mass is 16.5. The Bertz CT molecular complexity index is 913. The van der Waals surface area contributed by atoms with E-state index in [1.807, 2.05) is 12.1 Å². The summed E-state index contributed by atoms with van der Waals surface area (Å²) in [7, 11) is 0. The van der Waals surface area contributed by atoms with E-state index in [0.717, 1.165) is 10.9 Å². The average molecular weight is 318 g/mol.